The molecule has 1 aliphatic carbocycles. The topological polar surface area (TPSA) is 66.4 Å². The van der Waals surface area contributed by atoms with Crippen molar-refractivity contribution in [2.24, 2.45) is 0 Å². The van der Waals surface area contributed by atoms with Crippen molar-refractivity contribution in [2.45, 2.75) is 42.7 Å². The van der Waals surface area contributed by atoms with Gasteiger partial charge in [-0.15, -0.1) is 0 Å². The van der Waals surface area contributed by atoms with E-state index in [1.165, 1.54) is 6.07 Å². The minimum absolute atomic E-state index is 0.0671. The molecular weight excluding hydrogens is 354 g/mol. The molecule has 2 unspecified atom stereocenters. The molecule has 1 saturated carbocycles. The normalized spacial score (nSPS) is 24.4. The summed E-state index contributed by atoms with van der Waals surface area (Å²) in [7, 11) is -3.64. The fraction of sp³-hybridized carbons (Fsp3) is 0.500. The highest BCUT2D eigenvalue weighted by Gasteiger charge is 2.26. The Hall–Kier alpha value is -0.140. The zero-order valence-corrected chi connectivity index (χ0v) is 13.3. The molecule has 106 valence electrons. The first kappa shape index (κ1) is 15.3. The second-order valence-electron chi connectivity index (χ2n) is 4.71. The third-order valence-electron chi connectivity index (χ3n) is 3.15. The number of rotatable bonds is 3. The van der Waals surface area contributed by atoms with Crippen LogP contribution in [-0.4, -0.2) is 25.7 Å². The van der Waals surface area contributed by atoms with Crippen LogP contribution in [0.15, 0.2) is 27.6 Å². The maximum Gasteiger partial charge on any atom is 0.242 e. The lowest BCUT2D eigenvalue weighted by molar-refractivity contribution is 0.117. The molecule has 1 aliphatic rings. The lowest BCUT2D eigenvalue weighted by Gasteiger charge is -2.26. The molecule has 0 spiro atoms. The molecule has 2 rings (SSSR count). The predicted octanol–water partition coefficient (Wildman–Crippen LogP) is 2.68. The molecule has 2 N–H and O–H groups in total. The van der Waals surface area contributed by atoms with E-state index in [1.54, 1.807) is 12.1 Å². The number of benzene rings is 1. The summed E-state index contributed by atoms with van der Waals surface area (Å²) in [4.78, 5) is 0.0671. The van der Waals surface area contributed by atoms with Gasteiger partial charge in [-0.05, 0) is 43.9 Å². The fourth-order valence-electron chi connectivity index (χ4n) is 2.25. The first-order chi connectivity index (χ1) is 8.88. The monoisotopic (exact) mass is 367 g/mol. The number of hydrogen-bond donors (Lipinski definition) is 2. The summed E-state index contributed by atoms with van der Waals surface area (Å²) in [6, 6.07) is 4.42. The smallest absolute Gasteiger partial charge is 0.242 e. The molecule has 1 aromatic rings. The predicted molar refractivity (Wildman–Crippen MR) is 77.7 cm³/mol. The summed E-state index contributed by atoms with van der Waals surface area (Å²) in [5, 5.41) is 9.75. The minimum atomic E-state index is -3.64. The molecule has 7 heteroatoms. The Morgan fingerprint density at radius 1 is 1.37 bits per heavy atom. The van der Waals surface area contributed by atoms with Crippen molar-refractivity contribution >= 4 is 37.6 Å². The Morgan fingerprint density at radius 2 is 2.11 bits per heavy atom. The zero-order chi connectivity index (χ0) is 14.0. The summed E-state index contributed by atoms with van der Waals surface area (Å²) in [6.07, 6.45) is 2.32. The highest BCUT2D eigenvalue weighted by Crippen LogP contribution is 2.26. The van der Waals surface area contributed by atoms with Crippen molar-refractivity contribution in [3.05, 3.63) is 27.7 Å². The van der Waals surface area contributed by atoms with Gasteiger partial charge < -0.3 is 5.11 Å². The van der Waals surface area contributed by atoms with Crippen LogP contribution in [0.5, 0.6) is 0 Å². The molecule has 0 bridgehead atoms. The summed E-state index contributed by atoms with van der Waals surface area (Å²) in [5.74, 6) is 0. The van der Waals surface area contributed by atoms with Gasteiger partial charge in [-0.2, -0.15) is 0 Å². The second-order valence-corrected chi connectivity index (χ2v) is 7.72. The molecule has 4 nitrogen and oxygen atoms in total. The van der Waals surface area contributed by atoms with Crippen molar-refractivity contribution in [3.63, 3.8) is 0 Å². The summed E-state index contributed by atoms with van der Waals surface area (Å²) >= 11 is 9.20. The standard InChI is InChI=1S/C12H15BrClNO3S/c13-8-4-5-12(11(14)6-8)19(17,18)15-9-2-1-3-10(16)7-9/h4-6,9-10,15-16H,1-3,7H2. The Labute approximate surface area is 126 Å². The van der Waals surface area contributed by atoms with Crippen molar-refractivity contribution in [1.29, 1.82) is 0 Å². The van der Waals surface area contributed by atoms with Crippen LogP contribution in [0, 0.1) is 0 Å². The molecule has 2 atom stereocenters. The summed E-state index contributed by atoms with van der Waals surface area (Å²) in [5.41, 5.74) is 0. The molecule has 0 aliphatic heterocycles. The van der Waals surface area contributed by atoms with E-state index in [4.69, 9.17) is 11.6 Å². The van der Waals surface area contributed by atoms with E-state index in [2.05, 4.69) is 20.7 Å². The SMILES string of the molecule is O=S(=O)(NC1CCCC(O)C1)c1ccc(Br)cc1Cl. The lowest BCUT2D eigenvalue weighted by atomic mass is 9.94. The van der Waals surface area contributed by atoms with Crippen LogP contribution < -0.4 is 4.72 Å². The number of halogens is 2. The largest absolute Gasteiger partial charge is 0.393 e. The molecule has 0 saturated heterocycles. The van der Waals surface area contributed by atoms with Gasteiger partial charge in [0.25, 0.3) is 0 Å². The highest BCUT2D eigenvalue weighted by atomic mass is 79.9. The molecule has 0 radical (unpaired) electrons. The Balaban J connectivity index is 2.18. The van der Waals surface area contributed by atoms with Crippen LogP contribution in [0.3, 0.4) is 0 Å². The Morgan fingerprint density at radius 3 is 2.74 bits per heavy atom. The number of sulfonamides is 1. The van der Waals surface area contributed by atoms with Crippen LogP contribution in [0.4, 0.5) is 0 Å². The van der Waals surface area contributed by atoms with Gasteiger partial charge in [0.05, 0.1) is 11.1 Å². The van der Waals surface area contributed by atoms with Gasteiger partial charge in [0.15, 0.2) is 0 Å². The van der Waals surface area contributed by atoms with Crippen molar-refractivity contribution in [1.82, 2.24) is 4.72 Å². The lowest BCUT2D eigenvalue weighted by Crippen LogP contribution is -2.39. The van der Waals surface area contributed by atoms with E-state index in [1.807, 2.05) is 0 Å². The van der Waals surface area contributed by atoms with Crippen molar-refractivity contribution in [2.75, 3.05) is 0 Å². The first-order valence-electron chi connectivity index (χ1n) is 6.04. The number of aliphatic hydroxyl groups excluding tert-OH is 1. The average molecular weight is 369 g/mol. The van der Waals surface area contributed by atoms with Gasteiger partial charge in [0.1, 0.15) is 4.90 Å². The maximum absolute atomic E-state index is 12.2. The molecule has 19 heavy (non-hydrogen) atoms. The summed E-state index contributed by atoms with van der Waals surface area (Å²) < 4.78 is 27.8. The number of nitrogens with one attached hydrogen (secondary N) is 1. The maximum atomic E-state index is 12.2. The average Bonchev–Trinajstić information content (AvgIpc) is 2.27. The Kier molecular flexibility index (Phi) is 4.89. The van der Waals surface area contributed by atoms with Crippen molar-refractivity contribution in [3.8, 4) is 0 Å². The van der Waals surface area contributed by atoms with E-state index >= 15 is 0 Å². The van der Waals surface area contributed by atoms with Gasteiger partial charge in [0.2, 0.25) is 10.0 Å². The van der Waals surface area contributed by atoms with Crippen molar-refractivity contribution < 1.29 is 13.5 Å². The minimum Gasteiger partial charge on any atom is -0.393 e. The van der Waals surface area contributed by atoms with Gasteiger partial charge in [-0.1, -0.05) is 27.5 Å². The van der Waals surface area contributed by atoms with Gasteiger partial charge in [-0.25, -0.2) is 13.1 Å². The third kappa shape index (κ3) is 3.92. The van der Waals surface area contributed by atoms with Crippen LogP contribution in [-0.2, 0) is 10.0 Å². The van der Waals surface area contributed by atoms with E-state index < -0.39 is 16.1 Å². The molecule has 0 amide bonds. The molecule has 0 heterocycles. The van der Waals surface area contributed by atoms with Gasteiger partial charge >= 0.3 is 0 Å². The van der Waals surface area contributed by atoms with E-state index in [9.17, 15) is 13.5 Å². The molecule has 0 aromatic heterocycles. The van der Waals surface area contributed by atoms with E-state index in [0.717, 1.165) is 23.7 Å². The van der Waals surface area contributed by atoms with Gasteiger partial charge in [0, 0.05) is 10.5 Å². The van der Waals surface area contributed by atoms with E-state index in [0.29, 0.717) is 6.42 Å². The summed E-state index contributed by atoms with van der Waals surface area (Å²) in [6.45, 7) is 0. The van der Waals surface area contributed by atoms with E-state index in [-0.39, 0.29) is 16.0 Å². The van der Waals surface area contributed by atoms with Crippen LogP contribution in [0.2, 0.25) is 5.02 Å². The second kappa shape index (κ2) is 6.10. The fourth-order valence-corrected chi connectivity index (χ4v) is 4.57. The Bertz CT molecular complexity index is 564. The van der Waals surface area contributed by atoms with Crippen LogP contribution in [0.25, 0.3) is 0 Å². The quantitative estimate of drug-likeness (QED) is 0.862. The molecular formula is C12H15BrClNO3S. The van der Waals surface area contributed by atoms with Gasteiger partial charge in [-0.3, -0.25) is 0 Å². The van der Waals surface area contributed by atoms with Crippen LogP contribution >= 0.6 is 27.5 Å². The first-order valence-corrected chi connectivity index (χ1v) is 8.69. The molecule has 1 aromatic carbocycles. The number of hydrogen-bond acceptors (Lipinski definition) is 3. The molecule has 1 fully saturated rings. The number of aliphatic hydroxyl groups is 1. The highest BCUT2D eigenvalue weighted by molar-refractivity contribution is 9.10. The van der Waals surface area contributed by atoms with Crippen LogP contribution in [0.1, 0.15) is 25.7 Å². The third-order valence-corrected chi connectivity index (χ3v) is 5.65. The zero-order valence-electron chi connectivity index (χ0n) is 10.1.